The molecule has 2 rings (SSSR count). The molecule has 110 valence electrons. The van der Waals surface area contributed by atoms with Crippen LogP contribution in [0.5, 0.6) is 0 Å². The number of carbonyl (C=O) groups excluding carboxylic acids is 1. The van der Waals surface area contributed by atoms with Crippen LogP contribution in [0.3, 0.4) is 0 Å². The molecule has 1 amide bonds. The molecule has 0 heterocycles. The van der Waals surface area contributed by atoms with Crippen LogP contribution in [-0.2, 0) is 6.42 Å². The second kappa shape index (κ2) is 6.54. The number of hydrogen-bond acceptors (Lipinski definition) is 2. The monoisotopic (exact) mass is 310 g/mol. The summed E-state index contributed by atoms with van der Waals surface area (Å²) in [7, 11) is 0. The van der Waals surface area contributed by atoms with E-state index >= 15 is 0 Å². The normalized spacial score (nSPS) is 10.4. The summed E-state index contributed by atoms with van der Waals surface area (Å²) >= 11 is 5.81. The quantitative estimate of drug-likeness (QED) is 0.852. The lowest BCUT2D eigenvalue weighted by Crippen LogP contribution is -2.26. The molecule has 0 radical (unpaired) electrons. The molecule has 6 heteroatoms. The van der Waals surface area contributed by atoms with Gasteiger partial charge in [-0.1, -0.05) is 23.7 Å². The minimum atomic E-state index is -0.664. The predicted octanol–water partition coefficient (Wildman–Crippen LogP) is 3.17. The first-order valence-electron chi connectivity index (χ1n) is 6.24. The third-order valence-electron chi connectivity index (χ3n) is 2.94. The molecule has 0 saturated heterocycles. The molecule has 3 nitrogen and oxygen atoms in total. The van der Waals surface area contributed by atoms with Crippen molar-refractivity contribution in [1.82, 2.24) is 5.32 Å². The average Bonchev–Trinajstić information content (AvgIpc) is 2.45. The second-order valence-corrected chi connectivity index (χ2v) is 4.89. The molecule has 0 bridgehead atoms. The minimum Gasteiger partial charge on any atom is -0.396 e. The summed E-state index contributed by atoms with van der Waals surface area (Å²) < 4.78 is 25.9. The summed E-state index contributed by atoms with van der Waals surface area (Å²) in [5, 5.41) is 2.66. The van der Waals surface area contributed by atoms with Crippen molar-refractivity contribution < 1.29 is 13.6 Å². The smallest absolute Gasteiger partial charge is 0.252 e. The van der Waals surface area contributed by atoms with Crippen LogP contribution in [0.2, 0.25) is 5.02 Å². The Morgan fingerprint density at radius 1 is 1.19 bits per heavy atom. The Balaban J connectivity index is 1.96. The van der Waals surface area contributed by atoms with E-state index in [2.05, 4.69) is 5.32 Å². The highest BCUT2D eigenvalue weighted by molar-refractivity contribution is 6.34. The number of nitrogens with one attached hydrogen (secondary N) is 1. The maximum absolute atomic E-state index is 13.2. The third-order valence-corrected chi connectivity index (χ3v) is 3.26. The summed E-state index contributed by atoms with van der Waals surface area (Å²) in [5.74, 6) is -1.41. The maximum atomic E-state index is 13.2. The van der Waals surface area contributed by atoms with E-state index in [1.807, 2.05) is 0 Å². The first-order chi connectivity index (χ1) is 9.97. The third kappa shape index (κ3) is 3.92. The SMILES string of the molecule is Nc1cc(C(=O)NCCc2ccc(F)cc2)c(Cl)cc1F. The molecular formula is C15H13ClF2N2O. The van der Waals surface area contributed by atoms with Crippen molar-refractivity contribution in [3.8, 4) is 0 Å². The Morgan fingerprint density at radius 3 is 2.52 bits per heavy atom. The number of anilines is 1. The Kier molecular flexibility index (Phi) is 4.75. The highest BCUT2D eigenvalue weighted by atomic mass is 35.5. The molecule has 0 atom stereocenters. The summed E-state index contributed by atoms with van der Waals surface area (Å²) in [6.07, 6.45) is 0.542. The van der Waals surface area contributed by atoms with Crippen molar-refractivity contribution in [3.05, 3.63) is 64.2 Å². The van der Waals surface area contributed by atoms with Gasteiger partial charge in [-0.05, 0) is 36.2 Å². The minimum absolute atomic E-state index is 0.000909. The van der Waals surface area contributed by atoms with E-state index in [0.717, 1.165) is 11.6 Å². The summed E-state index contributed by atoms with van der Waals surface area (Å²) in [6.45, 7) is 0.345. The Hall–Kier alpha value is -2.14. The Morgan fingerprint density at radius 2 is 1.86 bits per heavy atom. The Bertz CT molecular complexity index is 659. The van der Waals surface area contributed by atoms with E-state index in [1.54, 1.807) is 12.1 Å². The van der Waals surface area contributed by atoms with Crippen LogP contribution in [0.1, 0.15) is 15.9 Å². The summed E-state index contributed by atoms with van der Waals surface area (Å²) in [4.78, 5) is 11.9. The fourth-order valence-corrected chi connectivity index (χ4v) is 2.04. The van der Waals surface area contributed by atoms with Gasteiger partial charge in [-0.2, -0.15) is 0 Å². The standard InChI is InChI=1S/C15H13ClF2N2O/c16-12-8-13(18)14(19)7-11(12)15(21)20-6-5-9-1-3-10(17)4-2-9/h1-4,7-8H,5-6,19H2,(H,20,21). The van der Waals surface area contributed by atoms with Crippen molar-refractivity contribution in [3.63, 3.8) is 0 Å². The number of halogens is 3. The number of hydrogen-bond donors (Lipinski definition) is 2. The van der Waals surface area contributed by atoms with E-state index in [9.17, 15) is 13.6 Å². The number of benzene rings is 2. The highest BCUT2D eigenvalue weighted by Gasteiger charge is 2.13. The van der Waals surface area contributed by atoms with Gasteiger partial charge in [0, 0.05) is 6.54 Å². The zero-order valence-electron chi connectivity index (χ0n) is 11.0. The van der Waals surface area contributed by atoms with Gasteiger partial charge in [0.25, 0.3) is 5.91 Å². The molecule has 0 aliphatic carbocycles. The van der Waals surface area contributed by atoms with Crippen LogP contribution >= 0.6 is 11.6 Å². The molecule has 3 N–H and O–H groups in total. The molecule has 21 heavy (non-hydrogen) atoms. The average molecular weight is 311 g/mol. The van der Waals surface area contributed by atoms with E-state index in [1.165, 1.54) is 18.2 Å². The van der Waals surface area contributed by atoms with Gasteiger partial charge in [0.05, 0.1) is 16.3 Å². The van der Waals surface area contributed by atoms with Crippen LogP contribution in [-0.4, -0.2) is 12.5 Å². The lowest BCUT2D eigenvalue weighted by Gasteiger charge is -2.08. The molecular weight excluding hydrogens is 298 g/mol. The predicted molar refractivity (Wildman–Crippen MR) is 78.3 cm³/mol. The van der Waals surface area contributed by atoms with Crippen molar-refractivity contribution in [2.24, 2.45) is 0 Å². The molecule has 0 aromatic heterocycles. The van der Waals surface area contributed by atoms with Gasteiger partial charge >= 0.3 is 0 Å². The number of carbonyl (C=O) groups is 1. The summed E-state index contributed by atoms with van der Waals surface area (Å²) in [5.41, 5.74) is 6.29. The number of rotatable bonds is 4. The van der Waals surface area contributed by atoms with Gasteiger partial charge in [0.2, 0.25) is 0 Å². The first kappa shape index (κ1) is 15.3. The zero-order valence-corrected chi connectivity index (χ0v) is 11.8. The van der Waals surface area contributed by atoms with Crippen LogP contribution < -0.4 is 11.1 Å². The molecule has 2 aromatic rings. The maximum Gasteiger partial charge on any atom is 0.252 e. The molecule has 0 saturated carbocycles. The van der Waals surface area contributed by atoms with Crippen LogP contribution in [0.15, 0.2) is 36.4 Å². The number of nitrogens with two attached hydrogens (primary N) is 1. The number of nitrogen functional groups attached to an aromatic ring is 1. The fourth-order valence-electron chi connectivity index (χ4n) is 1.81. The molecule has 0 spiro atoms. The Labute approximate surface area is 125 Å². The zero-order chi connectivity index (χ0) is 15.4. The molecule has 0 aliphatic heterocycles. The van der Waals surface area contributed by atoms with Crippen molar-refractivity contribution in [2.75, 3.05) is 12.3 Å². The van der Waals surface area contributed by atoms with E-state index in [-0.39, 0.29) is 22.1 Å². The molecule has 0 unspecified atom stereocenters. The van der Waals surface area contributed by atoms with E-state index in [0.29, 0.717) is 13.0 Å². The van der Waals surface area contributed by atoms with Crippen LogP contribution in [0, 0.1) is 11.6 Å². The van der Waals surface area contributed by atoms with Gasteiger partial charge < -0.3 is 11.1 Å². The largest absolute Gasteiger partial charge is 0.396 e. The topological polar surface area (TPSA) is 55.1 Å². The summed E-state index contributed by atoms with van der Waals surface area (Å²) in [6, 6.07) is 8.20. The molecule has 2 aromatic carbocycles. The van der Waals surface area contributed by atoms with Crippen LogP contribution in [0.4, 0.5) is 14.5 Å². The lowest BCUT2D eigenvalue weighted by atomic mass is 10.1. The van der Waals surface area contributed by atoms with Gasteiger partial charge in [-0.25, -0.2) is 8.78 Å². The van der Waals surface area contributed by atoms with Crippen molar-refractivity contribution in [1.29, 1.82) is 0 Å². The van der Waals surface area contributed by atoms with E-state index < -0.39 is 11.7 Å². The van der Waals surface area contributed by atoms with Crippen LogP contribution in [0.25, 0.3) is 0 Å². The van der Waals surface area contributed by atoms with Gasteiger partial charge in [-0.15, -0.1) is 0 Å². The van der Waals surface area contributed by atoms with Crippen molar-refractivity contribution >= 4 is 23.2 Å². The van der Waals surface area contributed by atoms with E-state index in [4.69, 9.17) is 17.3 Å². The molecule has 0 fully saturated rings. The first-order valence-corrected chi connectivity index (χ1v) is 6.62. The number of amides is 1. The molecule has 0 aliphatic rings. The van der Waals surface area contributed by atoms with Gasteiger partial charge in [0.15, 0.2) is 0 Å². The highest BCUT2D eigenvalue weighted by Crippen LogP contribution is 2.22. The fraction of sp³-hybridized carbons (Fsp3) is 0.133. The van der Waals surface area contributed by atoms with Gasteiger partial charge in [-0.3, -0.25) is 4.79 Å². The van der Waals surface area contributed by atoms with Crippen molar-refractivity contribution in [2.45, 2.75) is 6.42 Å². The van der Waals surface area contributed by atoms with Gasteiger partial charge in [0.1, 0.15) is 11.6 Å². The lowest BCUT2D eigenvalue weighted by molar-refractivity contribution is 0.0954. The second-order valence-electron chi connectivity index (χ2n) is 4.49.